The van der Waals surface area contributed by atoms with Crippen LogP contribution in [0.4, 0.5) is 0 Å². The molecule has 2 heterocycles. The Morgan fingerprint density at radius 1 is 1.09 bits per heavy atom. The molecule has 1 N–H and O–H groups in total. The van der Waals surface area contributed by atoms with Crippen molar-refractivity contribution >= 4 is 45.1 Å². The van der Waals surface area contributed by atoms with Crippen LogP contribution in [0.15, 0.2) is 53.4 Å². The van der Waals surface area contributed by atoms with Gasteiger partial charge in [-0.3, -0.25) is 0 Å². The second kappa shape index (κ2) is 6.87. The fourth-order valence-electron chi connectivity index (χ4n) is 2.53. The van der Waals surface area contributed by atoms with Crippen molar-refractivity contribution in [2.24, 2.45) is 0 Å². The van der Waals surface area contributed by atoms with Crippen molar-refractivity contribution in [2.45, 2.75) is 26.3 Å². The van der Waals surface area contributed by atoms with Crippen LogP contribution in [-0.4, -0.2) is 34.4 Å². The molecule has 120 valence electrons. The number of rotatable bonds is 5. The molecule has 0 radical (unpaired) electrons. The molecular weight excluding hydrogens is 409 g/mol. The Hall–Kier alpha value is -0.981. The van der Waals surface area contributed by atoms with Gasteiger partial charge in [0.25, 0.3) is 0 Å². The molecule has 23 heavy (non-hydrogen) atoms. The first-order chi connectivity index (χ1) is 11.0. The zero-order valence-corrected chi connectivity index (χ0v) is 17.8. The van der Waals surface area contributed by atoms with Crippen LogP contribution in [0.2, 0.25) is 14.8 Å². The Balaban J connectivity index is 2.09. The summed E-state index contributed by atoms with van der Waals surface area (Å²) in [5, 5.41) is 3.27. The standard InChI is InChI=1S/C15H14N3S.3CH3.Sn/c1-16-11-12-10-14-15(8-5-9-17-14)18(12)19-13-6-3-2-4-7-13;;;;/h2-8,10,16H,11H2,1H3;3*1H3;. The van der Waals surface area contributed by atoms with E-state index in [0.29, 0.717) is 0 Å². The van der Waals surface area contributed by atoms with Gasteiger partial charge in [0.1, 0.15) is 0 Å². The van der Waals surface area contributed by atoms with E-state index in [-0.39, 0.29) is 0 Å². The van der Waals surface area contributed by atoms with Crippen LogP contribution in [0.3, 0.4) is 0 Å². The Kier molecular flexibility index (Phi) is 5.04. The first-order valence-electron chi connectivity index (χ1n) is 7.89. The third-order valence-electron chi connectivity index (χ3n) is 3.75. The van der Waals surface area contributed by atoms with Crippen molar-refractivity contribution in [3.05, 3.63) is 54.2 Å². The first kappa shape index (κ1) is 16.9. The van der Waals surface area contributed by atoms with Gasteiger partial charge >= 0.3 is 147 Å². The van der Waals surface area contributed by atoms with Crippen molar-refractivity contribution in [2.75, 3.05) is 7.05 Å². The molecule has 0 bridgehead atoms. The molecular formula is C18H23N3SSn. The zero-order chi connectivity index (χ0) is 16.4. The van der Waals surface area contributed by atoms with Gasteiger partial charge in [0.05, 0.1) is 0 Å². The molecule has 0 aliphatic rings. The minimum absolute atomic E-state index is 0.838. The molecule has 0 fully saturated rings. The van der Waals surface area contributed by atoms with Crippen LogP contribution < -0.4 is 9.03 Å². The monoisotopic (exact) mass is 433 g/mol. The summed E-state index contributed by atoms with van der Waals surface area (Å²) >= 11 is -0.382. The maximum absolute atomic E-state index is 4.98. The molecule has 0 atom stereocenters. The van der Waals surface area contributed by atoms with Crippen LogP contribution in [0.5, 0.6) is 0 Å². The third kappa shape index (κ3) is 3.75. The van der Waals surface area contributed by atoms with Gasteiger partial charge in [-0.2, -0.15) is 0 Å². The van der Waals surface area contributed by atoms with Gasteiger partial charge in [-0.1, -0.05) is 0 Å². The van der Waals surface area contributed by atoms with E-state index in [4.69, 9.17) is 4.98 Å². The summed E-state index contributed by atoms with van der Waals surface area (Å²) in [7, 11) is 1.99. The van der Waals surface area contributed by atoms with Crippen LogP contribution in [-0.2, 0) is 6.54 Å². The average Bonchev–Trinajstić information content (AvgIpc) is 2.85. The van der Waals surface area contributed by atoms with Gasteiger partial charge in [0.15, 0.2) is 0 Å². The SMILES string of the molecule is CNCc1cc2n[c]([Sn]([CH3])([CH3])[CH3])ccc2n1Sc1ccccc1. The number of hydrogen-bond acceptors (Lipinski definition) is 3. The van der Waals surface area contributed by atoms with Crippen LogP contribution in [0.1, 0.15) is 5.69 Å². The molecule has 0 unspecified atom stereocenters. The van der Waals surface area contributed by atoms with Crippen molar-refractivity contribution in [1.29, 1.82) is 0 Å². The van der Waals surface area contributed by atoms with Gasteiger partial charge in [-0.05, 0) is 0 Å². The zero-order valence-electron chi connectivity index (χ0n) is 14.1. The van der Waals surface area contributed by atoms with Crippen LogP contribution >= 0.6 is 11.9 Å². The molecule has 5 heteroatoms. The summed E-state index contributed by atoms with van der Waals surface area (Å²) in [6.45, 7) is 0.838. The summed E-state index contributed by atoms with van der Waals surface area (Å²) in [4.78, 5) is 13.4. The molecule has 3 rings (SSSR count). The number of nitrogens with zero attached hydrogens (tertiary/aromatic N) is 2. The van der Waals surface area contributed by atoms with E-state index >= 15 is 0 Å². The first-order valence-corrected chi connectivity index (χ1v) is 18.6. The minimum atomic E-state index is -2.14. The Morgan fingerprint density at radius 3 is 2.48 bits per heavy atom. The summed E-state index contributed by atoms with van der Waals surface area (Å²) in [5.74, 6) is 0. The third-order valence-corrected chi connectivity index (χ3v) is 10.0. The molecule has 0 aliphatic heterocycles. The average molecular weight is 432 g/mol. The molecule has 0 saturated carbocycles. The van der Waals surface area contributed by atoms with E-state index in [0.717, 1.165) is 12.1 Å². The van der Waals surface area contributed by atoms with Gasteiger partial charge in [-0.25, -0.2) is 0 Å². The van der Waals surface area contributed by atoms with E-state index in [1.54, 1.807) is 11.9 Å². The normalized spacial score (nSPS) is 12.0. The van der Waals surface area contributed by atoms with E-state index in [1.165, 1.54) is 19.8 Å². The summed E-state index contributed by atoms with van der Waals surface area (Å²) in [6.07, 6.45) is 0. The number of aromatic nitrogens is 2. The number of benzene rings is 1. The number of nitrogens with one attached hydrogen (secondary N) is 1. The predicted molar refractivity (Wildman–Crippen MR) is 103 cm³/mol. The molecule has 2 aromatic heterocycles. The fourth-order valence-corrected chi connectivity index (χ4v) is 6.48. The molecule has 0 saturated heterocycles. The predicted octanol–water partition coefficient (Wildman–Crippen LogP) is 3.86. The molecule has 0 aliphatic carbocycles. The second-order valence-corrected chi connectivity index (χ2v) is 22.0. The Bertz CT molecular complexity index is 806. The van der Waals surface area contributed by atoms with Crippen molar-refractivity contribution in [1.82, 2.24) is 14.3 Å². The second-order valence-electron chi connectivity index (χ2n) is 6.72. The number of fused-ring (bicyclic) bond motifs is 1. The maximum atomic E-state index is 4.98. The summed E-state index contributed by atoms with van der Waals surface area (Å²) < 4.78 is 3.64. The van der Waals surface area contributed by atoms with E-state index in [9.17, 15) is 0 Å². The van der Waals surface area contributed by atoms with Crippen molar-refractivity contribution < 1.29 is 0 Å². The molecule has 1 aromatic carbocycles. The quantitative estimate of drug-likeness (QED) is 0.622. The molecule has 0 amide bonds. The van der Waals surface area contributed by atoms with E-state index < -0.39 is 18.4 Å². The topological polar surface area (TPSA) is 29.9 Å². The molecule has 3 aromatic rings. The van der Waals surface area contributed by atoms with Crippen LogP contribution in [0, 0.1) is 0 Å². The van der Waals surface area contributed by atoms with E-state index in [2.05, 4.69) is 72.6 Å². The van der Waals surface area contributed by atoms with Crippen molar-refractivity contribution in [3.8, 4) is 0 Å². The number of pyridine rings is 1. The van der Waals surface area contributed by atoms with Crippen molar-refractivity contribution in [3.63, 3.8) is 0 Å². The molecule has 3 nitrogen and oxygen atoms in total. The van der Waals surface area contributed by atoms with Gasteiger partial charge in [0.2, 0.25) is 0 Å². The fraction of sp³-hybridized carbons (Fsp3) is 0.278. The summed E-state index contributed by atoms with van der Waals surface area (Å²) in [5.41, 5.74) is 3.57. The molecule has 0 spiro atoms. The van der Waals surface area contributed by atoms with E-state index in [1.807, 2.05) is 7.05 Å². The Morgan fingerprint density at radius 2 is 1.83 bits per heavy atom. The Labute approximate surface area is 146 Å². The summed E-state index contributed by atoms with van der Waals surface area (Å²) in [6, 6.07) is 17.2. The van der Waals surface area contributed by atoms with Gasteiger partial charge < -0.3 is 0 Å². The van der Waals surface area contributed by atoms with Gasteiger partial charge in [-0.15, -0.1) is 0 Å². The van der Waals surface area contributed by atoms with Crippen LogP contribution in [0.25, 0.3) is 11.0 Å². The number of hydrogen-bond donors (Lipinski definition) is 1. The van der Waals surface area contributed by atoms with Gasteiger partial charge in [0, 0.05) is 0 Å².